The second-order valence-corrected chi connectivity index (χ2v) is 8.19. The van der Waals surface area contributed by atoms with E-state index in [1.54, 1.807) is 6.20 Å². The highest BCUT2D eigenvalue weighted by Crippen LogP contribution is 2.48. The molecule has 3 aliphatic rings. The number of carbonyl (C=O) groups is 2. The van der Waals surface area contributed by atoms with Gasteiger partial charge in [0.05, 0.1) is 5.41 Å². The number of hydrogen-bond acceptors (Lipinski definition) is 3. The summed E-state index contributed by atoms with van der Waals surface area (Å²) >= 11 is 0. The molecule has 2 amide bonds. The third kappa shape index (κ3) is 3.30. The van der Waals surface area contributed by atoms with Crippen molar-refractivity contribution in [2.75, 3.05) is 6.54 Å². The first kappa shape index (κ1) is 18.3. The molecule has 1 saturated carbocycles. The number of piperidine rings is 1. The predicted molar refractivity (Wildman–Crippen MR) is 103 cm³/mol. The summed E-state index contributed by atoms with van der Waals surface area (Å²) in [5.74, 6) is 1.27. The van der Waals surface area contributed by atoms with Crippen molar-refractivity contribution in [2.45, 2.75) is 77.3 Å². The van der Waals surface area contributed by atoms with Gasteiger partial charge in [0.25, 0.3) is 0 Å². The Morgan fingerprint density at radius 1 is 1.30 bits per heavy atom. The van der Waals surface area contributed by atoms with E-state index in [0.717, 1.165) is 50.2 Å². The minimum Gasteiger partial charge on any atom is -0.353 e. The Hall–Kier alpha value is -2.11. The summed E-state index contributed by atoms with van der Waals surface area (Å²) in [5.41, 5.74) is 0.492. The molecule has 1 N–H and O–H groups in total. The van der Waals surface area contributed by atoms with Gasteiger partial charge in [-0.15, -0.1) is 0 Å². The molecule has 1 aromatic rings. The maximum atomic E-state index is 13.3. The Bertz CT molecular complexity index is 747. The van der Waals surface area contributed by atoms with Crippen LogP contribution in [0.3, 0.4) is 0 Å². The van der Waals surface area contributed by atoms with Gasteiger partial charge in [0.2, 0.25) is 11.8 Å². The molecule has 1 aromatic heterocycles. The first-order chi connectivity index (χ1) is 13.1. The van der Waals surface area contributed by atoms with Crippen LogP contribution >= 0.6 is 0 Å². The van der Waals surface area contributed by atoms with E-state index in [9.17, 15) is 9.59 Å². The lowest BCUT2D eigenvalue weighted by Gasteiger charge is -2.48. The first-order valence-electron chi connectivity index (χ1n) is 10.4. The molecule has 2 aliphatic carbocycles. The molecule has 6 heteroatoms. The van der Waals surface area contributed by atoms with E-state index in [-0.39, 0.29) is 11.8 Å². The van der Waals surface area contributed by atoms with Gasteiger partial charge in [0, 0.05) is 43.6 Å². The lowest BCUT2D eigenvalue weighted by atomic mass is 9.68. The monoisotopic (exact) mass is 370 g/mol. The number of rotatable bonds is 5. The number of allylic oxidation sites excluding steroid dienone is 1. The molecule has 0 bridgehead atoms. The highest BCUT2D eigenvalue weighted by atomic mass is 16.2. The molecular formula is C21H30N4O2. The summed E-state index contributed by atoms with van der Waals surface area (Å²) in [5, 5.41) is 3.17. The lowest BCUT2D eigenvalue weighted by molar-refractivity contribution is -0.142. The number of hydrogen-bond donors (Lipinski definition) is 1. The van der Waals surface area contributed by atoms with Crippen LogP contribution in [0.1, 0.15) is 63.6 Å². The quantitative estimate of drug-likeness (QED) is 0.866. The van der Waals surface area contributed by atoms with Crippen molar-refractivity contribution in [2.24, 2.45) is 5.41 Å². The van der Waals surface area contributed by atoms with Crippen LogP contribution < -0.4 is 5.32 Å². The molecular weight excluding hydrogens is 340 g/mol. The lowest BCUT2D eigenvalue weighted by Crippen LogP contribution is -2.55. The van der Waals surface area contributed by atoms with Crippen molar-refractivity contribution in [1.29, 1.82) is 0 Å². The Morgan fingerprint density at radius 3 is 2.85 bits per heavy atom. The molecule has 0 aromatic carbocycles. The van der Waals surface area contributed by atoms with Crippen LogP contribution in [-0.2, 0) is 16.1 Å². The number of fused-ring (bicyclic) bond motifs is 1. The van der Waals surface area contributed by atoms with Gasteiger partial charge < -0.3 is 14.8 Å². The van der Waals surface area contributed by atoms with Crippen LogP contribution in [-0.4, -0.2) is 38.9 Å². The zero-order valence-electron chi connectivity index (χ0n) is 16.2. The number of amides is 2. The fourth-order valence-corrected chi connectivity index (χ4v) is 5.13. The molecule has 146 valence electrons. The standard InChI is InChI=1S/C21H30N4O2/c1-16-22-12-14-24(16)15-13-23-20(27)21-10-5-4-8-18(21)25(19(26)9-11-21)17-6-2-3-7-17/h8,12,14,17H,2-7,9-11,13,15H2,1H3,(H,23,27). The summed E-state index contributed by atoms with van der Waals surface area (Å²) in [7, 11) is 0. The highest BCUT2D eigenvalue weighted by molar-refractivity contribution is 5.91. The second kappa shape index (κ2) is 7.49. The molecule has 0 radical (unpaired) electrons. The number of nitrogens with zero attached hydrogens (tertiary/aromatic N) is 3. The predicted octanol–water partition coefficient (Wildman–Crippen LogP) is 2.93. The summed E-state index contributed by atoms with van der Waals surface area (Å²) in [6.07, 6.45) is 14.4. The topological polar surface area (TPSA) is 67.2 Å². The number of nitrogens with one attached hydrogen (secondary N) is 1. The first-order valence-corrected chi connectivity index (χ1v) is 10.4. The molecule has 2 fully saturated rings. The smallest absolute Gasteiger partial charge is 0.232 e. The molecule has 6 nitrogen and oxygen atoms in total. The Balaban J connectivity index is 1.51. The summed E-state index contributed by atoms with van der Waals surface area (Å²) in [6, 6.07) is 0.294. The van der Waals surface area contributed by atoms with Gasteiger partial charge in [-0.05, 0) is 45.4 Å². The number of aromatic nitrogens is 2. The average Bonchev–Trinajstić information content (AvgIpc) is 3.34. The van der Waals surface area contributed by atoms with Crippen LogP contribution in [0.25, 0.3) is 0 Å². The molecule has 4 rings (SSSR count). The fourth-order valence-electron chi connectivity index (χ4n) is 5.13. The third-order valence-corrected chi connectivity index (χ3v) is 6.62. The zero-order valence-corrected chi connectivity index (χ0v) is 16.2. The van der Waals surface area contributed by atoms with Crippen LogP contribution in [0, 0.1) is 12.3 Å². The summed E-state index contributed by atoms with van der Waals surface area (Å²) < 4.78 is 2.05. The van der Waals surface area contributed by atoms with Gasteiger partial charge in [-0.3, -0.25) is 9.59 Å². The van der Waals surface area contributed by atoms with Crippen LogP contribution in [0.15, 0.2) is 24.2 Å². The molecule has 27 heavy (non-hydrogen) atoms. The Morgan fingerprint density at radius 2 is 2.11 bits per heavy atom. The van der Waals surface area contributed by atoms with Gasteiger partial charge in [-0.2, -0.15) is 0 Å². The van der Waals surface area contributed by atoms with Gasteiger partial charge in [0.15, 0.2) is 0 Å². The van der Waals surface area contributed by atoms with Crippen LogP contribution in [0.4, 0.5) is 0 Å². The number of imidazole rings is 1. The second-order valence-electron chi connectivity index (χ2n) is 8.19. The van der Waals surface area contributed by atoms with Gasteiger partial charge in [-0.1, -0.05) is 18.9 Å². The van der Waals surface area contributed by atoms with Gasteiger partial charge >= 0.3 is 0 Å². The van der Waals surface area contributed by atoms with Crippen molar-refractivity contribution in [3.63, 3.8) is 0 Å². The van der Waals surface area contributed by atoms with Crippen LogP contribution in [0.2, 0.25) is 0 Å². The van der Waals surface area contributed by atoms with Gasteiger partial charge in [-0.25, -0.2) is 4.98 Å². The summed E-state index contributed by atoms with van der Waals surface area (Å²) in [4.78, 5) is 32.3. The van der Waals surface area contributed by atoms with E-state index < -0.39 is 5.41 Å². The van der Waals surface area contributed by atoms with Crippen molar-refractivity contribution < 1.29 is 9.59 Å². The number of carbonyl (C=O) groups excluding carboxylic acids is 2. The molecule has 0 spiro atoms. The normalized spacial score (nSPS) is 26.0. The van der Waals surface area contributed by atoms with Gasteiger partial charge in [0.1, 0.15) is 5.82 Å². The maximum Gasteiger partial charge on any atom is 0.232 e. The van der Waals surface area contributed by atoms with E-state index in [1.807, 2.05) is 22.6 Å². The largest absolute Gasteiger partial charge is 0.353 e. The third-order valence-electron chi connectivity index (χ3n) is 6.62. The average molecular weight is 370 g/mol. The SMILES string of the molecule is Cc1nccn1CCNC(=O)C12CCCC=C1N(C1CCCC1)C(=O)CC2. The number of aryl methyl sites for hydroxylation is 1. The molecule has 1 saturated heterocycles. The van der Waals surface area contributed by atoms with E-state index in [2.05, 4.69) is 16.4 Å². The minimum atomic E-state index is -0.515. The van der Waals surface area contributed by atoms with E-state index in [0.29, 0.717) is 25.4 Å². The Labute approximate surface area is 161 Å². The Kier molecular flexibility index (Phi) is 5.06. The van der Waals surface area contributed by atoms with Crippen molar-refractivity contribution in [3.05, 3.63) is 30.0 Å². The fraction of sp³-hybridized carbons (Fsp3) is 0.667. The van der Waals surface area contributed by atoms with Crippen molar-refractivity contribution in [1.82, 2.24) is 19.8 Å². The minimum absolute atomic E-state index is 0.0988. The van der Waals surface area contributed by atoms with Crippen LogP contribution in [0.5, 0.6) is 0 Å². The molecule has 1 atom stereocenters. The van der Waals surface area contributed by atoms with E-state index in [4.69, 9.17) is 0 Å². The number of likely N-dealkylation sites (tertiary alicyclic amines) is 1. The van der Waals surface area contributed by atoms with Crippen molar-refractivity contribution in [3.8, 4) is 0 Å². The molecule has 1 unspecified atom stereocenters. The molecule has 2 heterocycles. The molecule has 1 aliphatic heterocycles. The zero-order chi connectivity index (χ0) is 18.9. The van der Waals surface area contributed by atoms with E-state index >= 15 is 0 Å². The van der Waals surface area contributed by atoms with E-state index in [1.165, 1.54) is 12.8 Å². The maximum absolute atomic E-state index is 13.3. The summed E-state index contributed by atoms with van der Waals surface area (Å²) in [6.45, 7) is 3.27. The van der Waals surface area contributed by atoms with Crippen molar-refractivity contribution >= 4 is 11.8 Å². The highest BCUT2D eigenvalue weighted by Gasteiger charge is 2.51.